The number of carbonyl (C=O) groups is 2. The number of nitrogens with zero attached hydrogens (tertiary/aromatic N) is 1. The van der Waals surface area contributed by atoms with Gasteiger partial charge < -0.3 is 5.32 Å². The van der Waals surface area contributed by atoms with Crippen molar-refractivity contribution < 1.29 is 18.4 Å². The third-order valence-electron chi connectivity index (χ3n) is 5.99. The van der Waals surface area contributed by atoms with Gasteiger partial charge in [0.2, 0.25) is 5.91 Å². The first-order valence-electron chi connectivity index (χ1n) is 11.2. The van der Waals surface area contributed by atoms with Crippen LogP contribution in [0.25, 0.3) is 0 Å². The van der Waals surface area contributed by atoms with E-state index in [4.69, 9.17) is 0 Å². The van der Waals surface area contributed by atoms with Crippen molar-refractivity contribution in [2.75, 3.05) is 10.7 Å². The summed E-state index contributed by atoms with van der Waals surface area (Å²) in [5.41, 5.74) is 3.40. The lowest BCUT2D eigenvalue weighted by Crippen LogP contribution is -2.36. The molecule has 3 aromatic rings. The number of hydrogen-bond donors (Lipinski definition) is 1. The van der Waals surface area contributed by atoms with E-state index < -0.39 is 0 Å². The van der Waals surface area contributed by atoms with Gasteiger partial charge >= 0.3 is 0 Å². The number of nitrogens with one attached hydrogen (secondary N) is 1. The second-order valence-electron chi connectivity index (χ2n) is 8.35. The zero-order chi connectivity index (χ0) is 24.2. The van der Waals surface area contributed by atoms with Gasteiger partial charge in [-0.25, -0.2) is 8.78 Å². The molecule has 1 aliphatic heterocycles. The zero-order valence-corrected chi connectivity index (χ0v) is 19.9. The first-order chi connectivity index (χ1) is 16.4. The van der Waals surface area contributed by atoms with Crippen molar-refractivity contribution in [2.24, 2.45) is 0 Å². The van der Waals surface area contributed by atoms with Crippen molar-refractivity contribution in [3.05, 3.63) is 101 Å². The lowest BCUT2D eigenvalue weighted by atomic mass is 10.0. The highest BCUT2D eigenvalue weighted by Crippen LogP contribution is 2.42. The Hall–Kier alpha value is -3.19. The molecule has 2 atom stereocenters. The van der Waals surface area contributed by atoms with Gasteiger partial charge in [-0.1, -0.05) is 37.3 Å². The number of halogens is 2. The van der Waals surface area contributed by atoms with Crippen molar-refractivity contribution in [1.82, 2.24) is 5.32 Å². The maximum absolute atomic E-state index is 14.0. The monoisotopic (exact) mass is 480 g/mol. The molecule has 1 saturated heterocycles. The van der Waals surface area contributed by atoms with E-state index in [1.165, 1.54) is 30.0 Å². The number of hydrogen-bond acceptors (Lipinski definition) is 3. The van der Waals surface area contributed by atoms with Crippen LogP contribution in [0.1, 0.15) is 45.8 Å². The molecule has 2 amide bonds. The van der Waals surface area contributed by atoms with Crippen molar-refractivity contribution in [1.29, 1.82) is 0 Å². The van der Waals surface area contributed by atoms with Gasteiger partial charge in [0, 0.05) is 17.3 Å². The molecule has 0 radical (unpaired) electrons. The van der Waals surface area contributed by atoms with Crippen molar-refractivity contribution in [2.45, 2.75) is 38.1 Å². The Morgan fingerprint density at radius 2 is 1.85 bits per heavy atom. The molecule has 1 fully saturated rings. The van der Waals surface area contributed by atoms with Crippen LogP contribution in [0.15, 0.2) is 66.7 Å². The molecule has 0 aliphatic carbocycles. The van der Waals surface area contributed by atoms with Gasteiger partial charge in [0.25, 0.3) is 5.91 Å². The minimum atomic E-state index is -0.323. The van der Waals surface area contributed by atoms with Crippen LogP contribution < -0.4 is 10.2 Å². The average molecular weight is 481 g/mol. The van der Waals surface area contributed by atoms with E-state index in [1.807, 2.05) is 13.8 Å². The predicted octanol–water partition coefficient (Wildman–Crippen LogP) is 5.80. The third kappa shape index (κ3) is 5.14. The Balaban J connectivity index is 1.51. The molecule has 0 spiro atoms. The summed E-state index contributed by atoms with van der Waals surface area (Å²) < 4.78 is 27.4. The van der Waals surface area contributed by atoms with Crippen molar-refractivity contribution in [3.63, 3.8) is 0 Å². The second kappa shape index (κ2) is 10.4. The molecule has 4 nitrogen and oxygen atoms in total. The fourth-order valence-corrected chi connectivity index (χ4v) is 5.29. The Kier molecular flexibility index (Phi) is 7.32. The smallest absolute Gasteiger partial charge is 0.251 e. The molecule has 0 bridgehead atoms. The number of benzene rings is 3. The highest BCUT2D eigenvalue weighted by molar-refractivity contribution is 8.00. The van der Waals surface area contributed by atoms with Gasteiger partial charge in [0.1, 0.15) is 17.0 Å². The van der Waals surface area contributed by atoms with E-state index in [9.17, 15) is 18.4 Å². The number of thioether (sulfide) groups is 1. The molecule has 3 aromatic carbocycles. The Bertz CT molecular complexity index is 1200. The summed E-state index contributed by atoms with van der Waals surface area (Å²) >= 11 is 1.49. The molecule has 1 N–H and O–H groups in total. The van der Waals surface area contributed by atoms with Crippen LogP contribution in [0, 0.1) is 18.6 Å². The van der Waals surface area contributed by atoms with Gasteiger partial charge in [0.15, 0.2) is 0 Å². The van der Waals surface area contributed by atoms with Crippen LogP contribution in [-0.2, 0) is 11.2 Å². The van der Waals surface area contributed by atoms with E-state index in [0.717, 1.165) is 16.8 Å². The van der Waals surface area contributed by atoms with E-state index in [1.54, 1.807) is 53.4 Å². The third-order valence-corrected chi connectivity index (χ3v) is 7.21. The normalized spacial score (nSPS) is 16.5. The van der Waals surface area contributed by atoms with E-state index in [2.05, 4.69) is 5.32 Å². The molecule has 1 aliphatic rings. The van der Waals surface area contributed by atoms with E-state index in [-0.39, 0.29) is 34.9 Å². The van der Waals surface area contributed by atoms with Crippen LogP contribution in [-0.4, -0.2) is 23.6 Å². The van der Waals surface area contributed by atoms with E-state index >= 15 is 0 Å². The number of carbonyl (C=O) groups excluding carboxylic acids is 2. The lowest BCUT2D eigenvalue weighted by molar-refractivity contribution is -0.115. The summed E-state index contributed by atoms with van der Waals surface area (Å²) in [6.07, 6.45) is 1.07. The second-order valence-corrected chi connectivity index (χ2v) is 9.42. The summed E-state index contributed by atoms with van der Waals surface area (Å²) in [6, 6.07) is 17.8. The molecule has 7 heteroatoms. The van der Waals surface area contributed by atoms with Crippen molar-refractivity contribution in [3.8, 4) is 0 Å². The fourth-order valence-electron chi connectivity index (χ4n) is 4.12. The number of anilines is 1. The summed E-state index contributed by atoms with van der Waals surface area (Å²) in [6.45, 7) is 3.81. The van der Waals surface area contributed by atoms with Gasteiger partial charge in [0.05, 0.1) is 5.75 Å². The molecular weight excluding hydrogens is 454 g/mol. The maximum atomic E-state index is 14.0. The predicted molar refractivity (Wildman–Crippen MR) is 132 cm³/mol. The highest BCUT2D eigenvalue weighted by atomic mass is 32.2. The number of amides is 2. The topological polar surface area (TPSA) is 49.4 Å². The summed E-state index contributed by atoms with van der Waals surface area (Å²) in [5, 5.41) is 2.74. The fraction of sp³-hybridized carbons (Fsp3) is 0.259. The van der Waals surface area contributed by atoms with E-state index in [0.29, 0.717) is 29.7 Å². The minimum absolute atomic E-state index is 0.0319. The molecule has 0 aromatic heterocycles. The van der Waals surface area contributed by atoms with Crippen LogP contribution >= 0.6 is 11.8 Å². The Morgan fingerprint density at radius 3 is 2.53 bits per heavy atom. The van der Waals surface area contributed by atoms with Gasteiger partial charge in [-0.15, -0.1) is 11.8 Å². The molecule has 176 valence electrons. The summed E-state index contributed by atoms with van der Waals surface area (Å²) in [5.74, 6) is -0.542. The zero-order valence-electron chi connectivity index (χ0n) is 19.1. The molecular formula is C27H26F2N2O2S. The largest absolute Gasteiger partial charge is 0.349 e. The molecule has 4 rings (SSSR count). The van der Waals surface area contributed by atoms with Crippen molar-refractivity contribution >= 4 is 29.3 Å². The standard InChI is InChI=1S/C27H26F2N2O2S/c1-3-22(15-19-6-4-5-7-23(19)29)30-26(33)20-10-13-24(17(2)14-20)31-25(32)16-34-27(31)18-8-11-21(28)12-9-18/h4-14,22,27H,3,15-16H2,1-2H3,(H,30,33). The number of aryl methyl sites for hydroxylation is 1. The first-order valence-corrected chi connectivity index (χ1v) is 12.3. The van der Waals surface area contributed by atoms with Gasteiger partial charge in [-0.2, -0.15) is 0 Å². The Labute approximate surface area is 202 Å². The Morgan fingerprint density at radius 1 is 1.12 bits per heavy atom. The average Bonchev–Trinajstić information content (AvgIpc) is 3.21. The van der Waals surface area contributed by atoms with Crippen LogP contribution in [0.5, 0.6) is 0 Å². The summed E-state index contributed by atoms with van der Waals surface area (Å²) in [4.78, 5) is 27.3. The molecule has 1 heterocycles. The molecule has 2 unspecified atom stereocenters. The van der Waals surface area contributed by atoms with Gasteiger partial charge in [-0.05, 0) is 72.9 Å². The minimum Gasteiger partial charge on any atom is -0.349 e. The number of rotatable bonds is 7. The van der Waals surface area contributed by atoms with Crippen LogP contribution in [0.2, 0.25) is 0 Å². The summed E-state index contributed by atoms with van der Waals surface area (Å²) in [7, 11) is 0. The van der Waals surface area contributed by atoms with Crippen LogP contribution in [0.3, 0.4) is 0 Å². The first kappa shape index (κ1) is 24.0. The van der Waals surface area contributed by atoms with Gasteiger partial charge in [-0.3, -0.25) is 14.5 Å². The lowest BCUT2D eigenvalue weighted by Gasteiger charge is -2.26. The quantitative estimate of drug-likeness (QED) is 0.465. The van der Waals surface area contributed by atoms with Crippen LogP contribution in [0.4, 0.5) is 14.5 Å². The molecule has 34 heavy (non-hydrogen) atoms. The molecule has 0 saturated carbocycles. The highest BCUT2D eigenvalue weighted by Gasteiger charge is 2.35. The SMILES string of the molecule is CCC(Cc1ccccc1F)NC(=O)c1ccc(N2C(=O)CSC2c2ccc(F)cc2)c(C)c1. The maximum Gasteiger partial charge on any atom is 0.251 e.